The maximum Gasteiger partial charge on any atom is 0.338 e. The number of hydrogen-bond donors (Lipinski definition) is 2. The van der Waals surface area contributed by atoms with E-state index in [1.165, 1.54) is 17.1 Å². The van der Waals surface area contributed by atoms with Crippen molar-refractivity contribution in [2.75, 3.05) is 0 Å². The van der Waals surface area contributed by atoms with E-state index in [4.69, 9.17) is 10.8 Å². The normalized spacial score (nSPS) is 12.4. The van der Waals surface area contributed by atoms with Crippen molar-refractivity contribution in [3.63, 3.8) is 0 Å². The number of primary amides is 1. The Balaban J connectivity index is 2.91. The molecule has 1 amide bonds. The number of aromatic carboxylic acids is 1. The molecule has 1 aromatic rings. The van der Waals surface area contributed by atoms with E-state index in [1.54, 1.807) is 6.92 Å². The maximum absolute atomic E-state index is 10.7. The lowest BCUT2D eigenvalue weighted by molar-refractivity contribution is -0.120. The van der Waals surface area contributed by atoms with Crippen LogP contribution in [-0.2, 0) is 4.79 Å². The molecule has 0 aliphatic rings. The van der Waals surface area contributed by atoms with E-state index < -0.39 is 17.9 Å². The smallest absolute Gasteiger partial charge is 0.338 e. The van der Waals surface area contributed by atoms with Crippen molar-refractivity contribution in [3.05, 3.63) is 18.0 Å². The van der Waals surface area contributed by atoms with E-state index >= 15 is 0 Å². The van der Waals surface area contributed by atoms with Crippen LogP contribution >= 0.6 is 0 Å². The molecule has 0 aliphatic heterocycles. The molecule has 13 heavy (non-hydrogen) atoms. The highest BCUT2D eigenvalue weighted by atomic mass is 16.4. The SMILES string of the molecule is CC(C(N)=O)n1cc(C(=O)O)cn1. The molecule has 1 heterocycles. The Morgan fingerprint density at radius 3 is 2.69 bits per heavy atom. The molecule has 0 spiro atoms. The first-order chi connectivity index (χ1) is 6.02. The fourth-order valence-corrected chi connectivity index (χ4v) is 0.791. The van der Waals surface area contributed by atoms with Gasteiger partial charge in [0.2, 0.25) is 5.91 Å². The van der Waals surface area contributed by atoms with Crippen molar-refractivity contribution in [2.24, 2.45) is 5.73 Å². The zero-order chi connectivity index (χ0) is 10.0. The predicted molar refractivity (Wildman–Crippen MR) is 43.1 cm³/mol. The minimum Gasteiger partial charge on any atom is -0.478 e. The van der Waals surface area contributed by atoms with Gasteiger partial charge in [0.05, 0.1) is 11.8 Å². The Kier molecular flexibility index (Phi) is 2.32. The summed E-state index contributed by atoms with van der Waals surface area (Å²) in [4.78, 5) is 21.1. The third kappa shape index (κ3) is 1.84. The van der Waals surface area contributed by atoms with Crippen LogP contribution in [0, 0.1) is 0 Å². The summed E-state index contributed by atoms with van der Waals surface area (Å²) < 4.78 is 1.21. The van der Waals surface area contributed by atoms with E-state index in [2.05, 4.69) is 5.10 Å². The molecule has 0 fully saturated rings. The third-order valence-corrected chi connectivity index (χ3v) is 1.66. The monoisotopic (exact) mass is 183 g/mol. The van der Waals surface area contributed by atoms with Crippen molar-refractivity contribution in [1.29, 1.82) is 0 Å². The number of hydrogen-bond acceptors (Lipinski definition) is 3. The van der Waals surface area contributed by atoms with Crippen LogP contribution in [0.5, 0.6) is 0 Å². The Morgan fingerprint density at radius 1 is 1.69 bits per heavy atom. The van der Waals surface area contributed by atoms with Gasteiger partial charge in [-0.15, -0.1) is 0 Å². The Morgan fingerprint density at radius 2 is 2.31 bits per heavy atom. The number of carboxylic acids is 1. The number of rotatable bonds is 3. The van der Waals surface area contributed by atoms with Crippen molar-refractivity contribution in [3.8, 4) is 0 Å². The van der Waals surface area contributed by atoms with Crippen LogP contribution in [0.1, 0.15) is 23.3 Å². The van der Waals surface area contributed by atoms with Gasteiger partial charge in [0.25, 0.3) is 0 Å². The number of amides is 1. The molecule has 0 aliphatic carbocycles. The molecule has 1 aromatic heterocycles. The molecular formula is C7H9N3O3. The summed E-state index contributed by atoms with van der Waals surface area (Å²) in [6.45, 7) is 1.54. The van der Waals surface area contributed by atoms with Gasteiger partial charge in [-0.3, -0.25) is 9.48 Å². The topological polar surface area (TPSA) is 98.2 Å². The average Bonchev–Trinajstić information content (AvgIpc) is 2.50. The van der Waals surface area contributed by atoms with Crippen LogP contribution in [0.2, 0.25) is 0 Å². The van der Waals surface area contributed by atoms with Crippen molar-refractivity contribution in [1.82, 2.24) is 9.78 Å². The predicted octanol–water partition coefficient (Wildman–Crippen LogP) is -0.372. The van der Waals surface area contributed by atoms with Crippen LogP contribution in [0.25, 0.3) is 0 Å². The van der Waals surface area contributed by atoms with Gasteiger partial charge in [0, 0.05) is 6.20 Å². The summed E-state index contributed by atoms with van der Waals surface area (Å²) in [6, 6.07) is -0.631. The largest absolute Gasteiger partial charge is 0.478 e. The lowest BCUT2D eigenvalue weighted by Gasteiger charge is -2.05. The zero-order valence-electron chi connectivity index (χ0n) is 6.97. The molecule has 0 bridgehead atoms. The highest BCUT2D eigenvalue weighted by molar-refractivity contribution is 5.87. The Hall–Kier alpha value is -1.85. The van der Waals surface area contributed by atoms with Crippen molar-refractivity contribution in [2.45, 2.75) is 13.0 Å². The summed E-state index contributed by atoms with van der Waals surface area (Å²) in [5, 5.41) is 12.2. The van der Waals surface area contributed by atoms with Gasteiger partial charge in [-0.25, -0.2) is 4.79 Å². The van der Waals surface area contributed by atoms with E-state index in [1.807, 2.05) is 0 Å². The Bertz CT molecular complexity index is 345. The van der Waals surface area contributed by atoms with Crippen LogP contribution < -0.4 is 5.73 Å². The molecule has 0 saturated carbocycles. The molecule has 0 aromatic carbocycles. The molecule has 3 N–H and O–H groups in total. The van der Waals surface area contributed by atoms with Gasteiger partial charge in [-0.1, -0.05) is 0 Å². The minimum atomic E-state index is -1.08. The third-order valence-electron chi connectivity index (χ3n) is 1.66. The van der Waals surface area contributed by atoms with Crippen LogP contribution in [0.15, 0.2) is 12.4 Å². The summed E-state index contributed by atoms with van der Waals surface area (Å²) in [7, 11) is 0. The first-order valence-corrected chi connectivity index (χ1v) is 3.59. The van der Waals surface area contributed by atoms with E-state index in [9.17, 15) is 9.59 Å². The van der Waals surface area contributed by atoms with Crippen LogP contribution in [0.3, 0.4) is 0 Å². The quantitative estimate of drug-likeness (QED) is 0.667. The molecule has 0 saturated heterocycles. The van der Waals surface area contributed by atoms with E-state index in [-0.39, 0.29) is 5.56 Å². The lowest BCUT2D eigenvalue weighted by Crippen LogP contribution is -2.24. The van der Waals surface area contributed by atoms with Gasteiger partial charge < -0.3 is 10.8 Å². The second-order valence-corrected chi connectivity index (χ2v) is 2.59. The molecule has 1 atom stereocenters. The van der Waals surface area contributed by atoms with Gasteiger partial charge in [0.1, 0.15) is 6.04 Å². The lowest BCUT2D eigenvalue weighted by atomic mass is 10.3. The van der Waals surface area contributed by atoms with Crippen LogP contribution in [-0.4, -0.2) is 26.8 Å². The second kappa shape index (κ2) is 3.26. The minimum absolute atomic E-state index is 0.0353. The van der Waals surface area contributed by atoms with Crippen molar-refractivity contribution >= 4 is 11.9 Å². The molecule has 6 nitrogen and oxygen atoms in total. The number of nitrogens with zero attached hydrogens (tertiary/aromatic N) is 2. The summed E-state index contributed by atoms with van der Waals surface area (Å²) in [5.74, 6) is -1.64. The average molecular weight is 183 g/mol. The van der Waals surface area contributed by atoms with Gasteiger partial charge in [0.15, 0.2) is 0 Å². The molecule has 0 radical (unpaired) electrons. The second-order valence-electron chi connectivity index (χ2n) is 2.59. The molecule has 70 valence electrons. The number of carbonyl (C=O) groups is 2. The summed E-state index contributed by atoms with van der Waals surface area (Å²) in [5.41, 5.74) is 5.04. The fraction of sp³-hybridized carbons (Fsp3) is 0.286. The highest BCUT2D eigenvalue weighted by Gasteiger charge is 2.14. The number of carbonyl (C=O) groups excluding carboxylic acids is 1. The number of carboxylic acid groups (broad SMARTS) is 1. The first-order valence-electron chi connectivity index (χ1n) is 3.59. The summed E-state index contributed by atoms with van der Waals surface area (Å²) in [6.07, 6.45) is 2.43. The number of nitrogens with two attached hydrogens (primary N) is 1. The zero-order valence-corrected chi connectivity index (χ0v) is 6.97. The highest BCUT2D eigenvalue weighted by Crippen LogP contribution is 2.05. The number of aromatic nitrogens is 2. The van der Waals surface area contributed by atoms with E-state index in [0.29, 0.717) is 0 Å². The molecule has 1 unspecified atom stereocenters. The standard InChI is InChI=1S/C7H9N3O3/c1-4(6(8)11)10-3-5(2-9-10)7(12)13/h2-4H,1H3,(H2,8,11)(H,12,13). The molecule has 1 rings (SSSR count). The van der Waals surface area contributed by atoms with Crippen LogP contribution in [0.4, 0.5) is 0 Å². The molecule has 6 heteroatoms. The van der Waals surface area contributed by atoms with Crippen molar-refractivity contribution < 1.29 is 14.7 Å². The Labute approximate surface area is 74.0 Å². The first kappa shape index (κ1) is 9.24. The summed E-state index contributed by atoms with van der Waals surface area (Å²) >= 11 is 0. The fourth-order valence-electron chi connectivity index (χ4n) is 0.791. The van der Waals surface area contributed by atoms with Gasteiger partial charge in [-0.05, 0) is 6.92 Å². The maximum atomic E-state index is 10.7. The van der Waals surface area contributed by atoms with Gasteiger partial charge >= 0.3 is 5.97 Å². The molecular weight excluding hydrogens is 174 g/mol. The van der Waals surface area contributed by atoms with Gasteiger partial charge in [-0.2, -0.15) is 5.10 Å². The van der Waals surface area contributed by atoms with E-state index in [0.717, 1.165) is 0 Å².